The summed E-state index contributed by atoms with van der Waals surface area (Å²) in [4.78, 5) is 12.5. The van der Waals surface area contributed by atoms with Gasteiger partial charge in [0.2, 0.25) is 5.41 Å². The quantitative estimate of drug-likeness (QED) is 0.407. The molecule has 6 nitrogen and oxygen atoms in total. The van der Waals surface area contributed by atoms with Gasteiger partial charge in [-0.2, -0.15) is 5.26 Å². The molecule has 0 atom stereocenters. The molecule has 0 bridgehead atoms. The van der Waals surface area contributed by atoms with E-state index in [1.54, 1.807) is 24.3 Å². The molecular formula is C19H25NO5. The van der Waals surface area contributed by atoms with Crippen LogP contribution in [0, 0.1) is 16.7 Å². The number of hydrogen-bond acceptors (Lipinski definition) is 6. The van der Waals surface area contributed by atoms with E-state index in [1.165, 1.54) is 0 Å². The number of carbonyl (C=O) groups is 1. The fourth-order valence-electron chi connectivity index (χ4n) is 2.49. The third kappa shape index (κ3) is 5.18. The van der Waals surface area contributed by atoms with E-state index in [-0.39, 0.29) is 19.5 Å². The van der Waals surface area contributed by atoms with E-state index in [0.29, 0.717) is 18.1 Å². The van der Waals surface area contributed by atoms with Crippen molar-refractivity contribution in [1.82, 2.24) is 0 Å². The van der Waals surface area contributed by atoms with Crippen molar-refractivity contribution in [2.75, 3.05) is 19.8 Å². The molecule has 0 unspecified atom stereocenters. The number of carbonyl (C=O) groups excluding carboxylic acids is 1. The molecule has 0 amide bonds. The van der Waals surface area contributed by atoms with Crippen LogP contribution < -0.4 is 9.47 Å². The number of hydrogen-bond donors (Lipinski definition) is 0. The predicted octanol–water partition coefficient (Wildman–Crippen LogP) is 3.45. The number of nitrogens with zero attached hydrogens (tertiary/aromatic N) is 1. The molecule has 136 valence electrons. The van der Waals surface area contributed by atoms with Crippen LogP contribution in [-0.4, -0.2) is 32.1 Å². The summed E-state index contributed by atoms with van der Waals surface area (Å²) in [6.07, 6.45) is 3.63. The smallest absolute Gasteiger partial charge is 0.336 e. The monoisotopic (exact) mass is 347 g/mol. The second-order valence-corrected chi connectivity index (χ2v) is 6.04. The Bertz CT molecular complexity index is 585. The molecule has 0 saturated carbocycles. The van der Waals surface area contributed by atoms with Gasteiger partial charge in [0.1, 0.15) is 11.5 Å². The highest BCUT2D eigenvalue weighted by Crippen LogP contribution is 2.29. The second-order valence-electron chi connectivity index (χ2n) is 6.04. The van der Waals surface area contributed by atoms with E-state index in [1.807, 2.05) is 13.0 Å². The summed E-state index contributed by atoms with van der Waals surface area (Å²) >= 11 is 0. The summed E-state index contributed by atoms with van der Waals surface area (Å²) in [5.74, 6) is 0.385. The van der Waals surface area contributed by atoms with Crippen LogP contribution in [0.5, 0.6) is 11.5 Å². The van der Waals surface area contributed by atoms with Gasteiger partial charge in [-0.1, -0.05) is 19.8 Å². The Kier molecular flexibility index (Phi) is 7.23. The van der Waals surface area contributed by atoms with E-state index in [0.717, 1.165) is 25.7 Å². The maximum Gasteiger partial charge on any atom is 0.336 e. The zero-order chi connectivity index (χ0) is 18.1. The SMILES string of the molecule is CCCCC[C@H]1OC[C@@](C#N)(C(=O)Oc2ccc(OCC)cc2)CO1. The lowest BCUT2D eigenvalue weighted by molar-refractivity contribution is -0.223. The molecule has 1 aliphatic rings. The van der Waals surface area contributed by atoms with Gasteiger partial charge in [-0.3, -0.25) is 0 Å². The van der Waals surface area contributed by atoms with Crippen molar-refractivity contribution in [3.05, 3.63) is 24.3 Å². The van der Waals surface area contributed by atoms with Crippen LogP contribution in [0.4, 0.5) is 0 Å². The van der Waals surface area contributed by atoms with Gasteiger partial charge in [-0.05, 0) is 44.0 Å². The summed E-state index contributed by atoms with van der Waals surface area (Å²) in [7, 11) is 0. The third-order valence-electron chi connectivity index (χ3n) is 4.02. The van der Waals surface area contributed by atoms with E-state index in [4.69, 9.17) is 18.9 Å². The van der Waals surface area contributed by atoms with Gasteiger partial charge in [0.25, 0.3) is 0 Å². The van der Waals surface area contributed by atoms with Gasteiger partial charge >= 0.3 is 5.97 Å². The van der Waals surface area contributed by atoms with Gasteiger partial charge in [0, 0.05) is 0 Å². The minimum absolute atomic E-state index is 0.0177. The zero-order valence-electron chi connectivity index (χ0n) is 14.8. The number of ether oxygens (including phenoxy) is 4. The number of benzene rings is 1. The van der Waals surface area contributed by atoms with Gasteiger partial charge in [-0.25, -0.2) is 4.79 Å². The number of unbranched alkanes of at least 4 members (excludes halogenated alkanes) is 2. The predicted molar refractivity (Wildman–Crippen MR) is 91.1 cm³/mol. The van der Waals surface area contributed by atoms with Crippen LogP contribution in [-0.2, 0) is 14.3 Å². The average Bonchev–Trinajstić information content (AvgIpc) is 2.64. The van der Waals surface area contributed by atoms with Crippen LogP contribution in [0.15, 0.2) is 24.3 Å². The topological polar surface area (TPSA) is 77.8 Å². The number of rotatable bonds is 8. The minimum Gasteiger partial charge on any atom is -0.494 e. The van der Waals surface area contributed by atoms with Crippen molar-refractivity contribution in [2.45, 2.75) is 45.8 Å². The Morgan fingerprint density at radius 2 is 1.84 bits per heavy atom. The molecule has 25 heavy (non-hydrogen) atoms. The molecule has 0 radical (unpaired) electrons. The highest BCUT2D eigenvalue weighted by atomic mass is 16.7. The lowest BCUT2D eigenvalue weighted by atomic mass is 9.91. The van der Waals surface area contributed by atoms with Crippen molar-refractivity contribution >= 4 is 5.97 Å². The normalized spacial score (nSPS) is 22.8. The first-order chi connectivity index (χ1) is 12.1. The van der Waals surface area contributed by atoms with Gasteiger partial charge in [-0.15, -0.1) is 0 Å². The number of nitriles is 1. The second kappa shape index (κ2) is 9.40. The molecule has 1 aliphatic heterocycles. The Morgan fingerprint density at radius 1 is 1.20 bits per heavy atom. The van der Waals surface area contributed by atoms with E-state index < -0.39 is 11.4 Å². The Balaban J connectivity index is 1.91. The Labute approximate surface area is 148 Å². The maximum absolute atomic E-state index is 12.5. The van der Waals surface area contributed by atoms with Crippen molar-refractivity contribution in [1.29, 1.82) is 5.26 Å². The summed E-state index contributed by atoms with van der Waals surface area (Å²) in [5, 5.41) is 9.47. The van der Waals surface area contributed by atoms with Crippen LogP contribution in [0.25, 0.3) is 0 Å². The fraction of sp³-hybridized carbons (Fsp3) is 0.579. The molecule has 1 saturated heterocycles. The molecule has 1 aromatic carbocycles. The summed E-state index contributed by atoms with van der Waals surface area (Å²) in [5.41, 5.74) is -1.43. The summed E-state index contributed by atoms with van der Waals surface area (Å²) in [6.45, 7) is 4.54. The first-order valence-electron chi connectivity index (χ1n) is 8.73. The van der Waals surface area contributed by atoms with Gasteiger partial charge < -0.3 is 18.9 Å². The number of esters is 1. The van der Waals surface area contributed by atoms with Crippen LogP contribution >= 0.6 is 0 Å². The molecule has 1 aromatic rings. The van der Waals surface area contributed by atoms with E-state index in [9.17, 15) is 10.1 Å². The molecule has 1 heterocycles. The fourth-order valence-corrected chi connectivity index (χ4v) is 2.49. The molecule has 0 spiro atoms. The maximum atomic E-state index is 12.5. The summed E-state index contributed by atoms with van der Waals surface area (Å²) in [6, 6.07) is 8.69. The molecule has 0 aromatic heterocycles. The lowest BCUT2D eigenvalue weighted by Gasteiger charge is -2.33. The molecule has 0 N–H and O–H groups in total. The Morgan fingerprint density at radius 3 is 2.40 bits per heavy atom. The highest BCUT2D eigenvalue weighted by Gasteiger charge is 2.46. The van der Waals surface area contributed by atoms with Crippen molar-refractivity contribution in [3.63, 3.8) is 0 Å². The van der Waals surface area contributed by atoms with Gasteiger partial charge in [0.15, 0.2) is 6.29 Å². The van der Waals surface area contributed by atoms with Crippen LogP contribution in [0.2, 0.25) is 0 Å². The lowest BCUT2D eigenvalue weighted by Crippen LogP contribution is -2.48. The molecule has 1 fully saturated rings. The first-order valence-corrected chi connectivity index (χ1v) is 8.73. The Hall–Kier alpha value is -2.10. The van der Waals surface area contributed by atoms with Crippen LogP contribution in [0.3, 0.4) is 0 Å². The third-order valence-corrected chi connectivity index (χ3v) is 4.02. The average molecular weight is 347 g/mol. The van der Waals surface area contributed by atoms with Crippen molar-refractivity contribution in [2.24, 2.45) is 5.41 Å². The highest BCUT2D eigenvalue weighted by molar-refractivity contribution is 5.82. The standard InChI is InChI=1S/C19H25NO5/c1-3-5-6-7-17-23-13-19(12-20,14-24-17)18(21)25-16-10-8-15(9-11-16)22-4-2/h8-11,17H,3-7,13-14H2,1-2H3/t17-,19+. The minimum atomic E-state index is -1.43. The molecule has 6 heteroatoms. The molecular weight excluding hydrogens is 322 g/mol. The van der Waals surface area contributed by atoms with Gasteiger partial charge in [0.05, 0.1) is 25.9 Å². The largest absolute Gasteiger partial charge is 0.494 e. The zero-order valence-corrected chi connectivity index (χ0v) is 14.8. The van der Waals surface area contributed by atoms with E-state index in [2.05, 4.69) is 6.92 Å². The van der Waals surface area contributed by atoms with Crippen LogP contribution in [0.1, 0.15) is 39.5 Å². The first kappa shape index (κ1) is 19.2. The summed E-state index contributed by atoms with van der Waals surface area (Å²) < 4.78 is 21.8. The molecule has 2 rings (SSSR count). The van der Waals surface area contributed by atoms with Crippen molar-refractivity contribution < 1.29 is 23.7 Å². The molecule has 0 aliphatic carbocycles. The van der Waals surface area contributed by atoms with Crippen molar-refractivity contribution in [3.8, 4) is 17.6 Å². The van der Waals surface area contributed by atoms with E-state index >= 15 is 0 Å².